The van der Waals surface area contributed by atoms with E-state index < -0.39 is 0 Å². The largest absolute Gasteiger partial charge is 0.392 e. The van der Waals surface area contributed by atoms with Crippen molar-refractivity contribution in [3.05, 3.63) is 35.4 Å². The van der Waals surface area contributed by atoms with Crippen molar-refractivity contribution in [2.24, 2.45) is 0 Å². The Labute approximate surface area is 97.7 Å². The number of aliphatic hydroxyl groups excluding tert-OH is 1. The topological polar surface area (TPSA) is 32.3 Å². The second-order valence-corrected chi connectivity index (χ2v) is 5.18. The first-order valence-electron chi connectivity index (χ1n) is 6.10. The quantitative estimate of drug-likeness (QED) is 0.816. The molecule has 0 radical (unpaired) electrons. The van der Waals surface area contributed by atoms with Crippen molar-refractivity contribution >= 4 is 0 Å². The minimum Gasteiger partial charge on any atom is -0.392 e. The highest BCUT2D eigenvalue weighted by molar-refractivity contribution is 5.25. The summed E-state index contributed by atoms with van der Waals surface area (Å²) in [6.07, 6.45) is 3.89. The van der Waals surface area contributed by atoms with Crippen molar-refractivity contribution in [2.45, 2.75) is 51.3 Å². The van der Waals surface area contributed by atoms with Crippen LogP contribution in [0.25, 0.3) is 0 Å². The summed E-state index contributed by atoms with van der Waals surface area (Å²) in [7, 11) is 0. The van der Waals surface area contributed by atoms with E-state index in [-0.39, 0.29) is 6.61 Å². The Kier molecular flexibility index (Phi) is 3.31. The third kappa shape index (κ3) is 2.45. The standard InChI is InChI=1S/C14H21NO/c1-11(15-14(2)7-4-8-14)13-6-3-5-12(9-13)10-16/h3,5-6,9,11,15-16H,4,7-8,10H2,1-2H3. The molecule has 2 heteroatoms. The summed E-state index contributed by atoms with van der Waals surface area (Å²) in [4.78, 5) is 0. The van der Waals surface area contributed by atoms with Crippen LogP contribution in [-0.4, -0.2) is 10.6 Å². The fourth-order valence-electron chi connectivity index (χ4n) is 2.42. The molecule has 1 aliphatic rings. The van der Waals surface area contributed by atoms with Crippen LogP contribution < -0.4 is 5.32 Å². The molecule has 0 aliphatic heterocycles. The minimum atomic E-state index is 0.123. The SMILES string of the molecule is CC(NC1(C)CCC1)c1cccc(CO)c1. The Morgan fingerprint density at radius 3 is 2.75 bits per heavy atom. The molecular formula is C14H21NO. The van der Waals surface area contributed by atoms with Crippen LogP contribution in [0.1, 0.15) is 50.3 Å². The summed E-state index contributed by atoms with van der Waals surface area (Å²) in [6.45, 7) is 4.61. The van der Waals surface area contributed by atoms with Crippen molar-refractivity contribution in [3.63, 3.8) is 0 Å². The Morgan fingerprint density at radius 1 is 1.44 bits per heavy atom. The Balaban J connectivity index is 2.04. The fraction of sp³-hybridized carbons (Fsp3) is 0.571. The summed E-state index contributed by atoms with van der Waals surface area (Å²) in [6, 6.07) is 8.54. The summed E-state index contributed by atoms with van der Waals surface area (Å²) in [5, 5.41) is 12.8. The zero-order valence-electron chi connectivity index (χ0n) is 10.2. The van der Waals surface area contributed by atoms with Crippen molar-refractivity contribution in [3.8, 4) is 0 Å². The molecule has 0 heterocycles. The lowest BCUT2D eigenvalue weighted by atomic mass is 9.78. The van der Waals surface area contributed by atoms with Gasteiger partial charge in [-0.3, -0.25) is 0 Å². The lowest BCUT2D eigenvalue weighted by Gasteiger charge is -2.41. The van der Waals surface area contributed by atoms with E-state index >= 15 is 0 Å². The van der Waals surface area contributed by atoms with Gasteiger partial charge in [-0.1, -0.05) is 24.3 Å². The number of benzene rings is 1. The van der Waals surface area contributed by atoms with E-state index in [1.54, 1.807) is 0 Å². The average Bonchev–Trinajstić information content (AvgIpc) is 2.27. The molecule has 16 heavy (non-hydrogen) atoms. The molecule has 1 aromatic rings. The second-order valence-electron chi connectivity index (χ2n) is 5.18. The highest BCUT2D eigenvalue weighted by atomic mass is 16.3. The van der Waals surface area contributed by atoms with Crippen molar-refractivity contribution in [1.82, 2.24) is 5.32 Å². The van der Waals surface area contributed by atoms with E-state index in [9.17, 15) is 0 Å². The van der Waals surface area contributed by atoms with Gasteiger partial charge >= 0.3 is 0 Å². The van der Waals surface area contributed by atoms with Crippen LogP contribution in [0, 0.1) is 0 Å². The number of nitrogens with one attached hydrogen (secondary N) is 1. The first-order valence-corrected chi connectivity index (χ1v) is 6.10. The third-order valence-electron chi connectivity index (χ3n) is 3.66. The van der Waals surface area contributed by atoms with Gasteiger partial charge in [-0.2, -0.15) is 0 Å². The van der Waals surface area contributed by atoms with E-state index in [2.05, 4.69) is 31.3 Å². The minimum absolute atomic E-state index is 0.123. The Morgan fingerprint density at radius 2 is 2.19 bits per heavy atom. The van der Waals surface area contributed by atoms with Crippen LogP contribution in [0.3, 0.4) is 0 Å². The summed E-state index contributed by atoms with van der Waals surface area (Å²) in [5.74, 6) is 0. The maximum absolute atomic E-state index is 9.11. The molecule has 1 aromatic carbocycles. The maximum Gasteiger partial charge on any atom is 0.0681 e. The molecule has 0 amide bonds. The summed E-state index contributed by atoms with van der Waals surface area (Å²) >= 11 is 0. The highest BCUT2D eigenvalue weighted by Crippen LogP contribution is 2.33. The molecule has 0 aromatic heterocycles. The van der Waals surface area contributed by atoms with Crippen LogP contribution in [0.5, 0.6) is 0 Å². The number of rotatable bonds is 4. The molecule has 1 fully saturated rings. The first-order chi connectivity index (χ1) is 7.63. The van der Waals surface area contributed by atoms with Crippen LogP contribution in [-0.2, 0) is 6.61 Å². The second kappa shape index (κ2) is 4.56. The van der Waals surface area contributed by atoms with Crippen LogP contribution in [0.15, 0.2) is 24.3 Å². The molecule has 2 nitrogen and oxygen atoms in total. The summed E-state index contributed by atoms with van der Waals surface area (Å²) in [5.41, 5.74) is 2.58. The number of hydrogen-bond donors (Lipinski definition) is 2. The fourth-order valence-corrected chi connectivity index (χ4v) is 2.42. The van der Waals surface area contributed by atoms with E-state index in [0.717, 1.165) is 5.56 Å². The predicted molar refractivity (Wildman–Crippen MR) is 66.2 cm³/mol. The molecule has 88 valence electrons. The van der Waals surface area contributed by atoms with Crippen LogP contribution >= 0.6 is 0 Å². The van der Waals surface area contributed by atoms with Crippen LogP contribution in [0.4, 0.5) is 0 Å². The zero-order chi connectivity index (χ0) is 11.6. The molecule has 0 saturated heterocycles. The molecular weight excluding hydrogens is 198 g/mol. The summed E-state index contributed by atoms with van der Waals surface area (Å²) < 4.78 is 0. The van der Waals surface area contributed by atoms with Gasteiger partial charge in [-0.25, -0.2) is 0 Å². The van der Waals surface area contributed by atoms with Gasteiger partial charge in [0.25, 0.3) is 0 Å². The van der Waals surface area contributed by atoms with E-state index in [1.807, 2.05) is 12.1 Å². The van der Waals surface area contributed by atoms with E-state index in [0.29, 0.717) is 11.6 Å². The van der Waals surface area contributed by atoms with Gasteiger partial charge in [0.05, 0.1) is 6.61 Å². The first kappa shape index (κ1) is 11.6. The maximum atomic E-state index is 9.11. The molecule has 0 spiro atoms. The van der Waals surface area contributed by atoms with Crippen molar-refractivity contribution < 1.29 is 5.11 Å². The van der Waals surface area contributed by atoms with E-state index in [4.69, 9.17) is 5.11 Å². The van der Waals surface area contributed by atoms with Crippen LogP contribution in [0.2, 0.25) is 0 Å². The smallest absolute Gasteiger partial charge is 0.0681 e. The average molecular weight is 219 g/mol. The van der Waals surface area contributed by atoms with Gasteiger partial charge in [-0.05, 0) is 44.2 Å². The molecule has 1 atom stereocenters. The normalized spacial score (nSPS) is 20.2. The molecule has 2 rings (SSSR count). The molecule has 2 N–H and O–H groups in total. The molecule has 0 bridgehead atoms. The van der Waals surface area contributed by atoms with Gasteiger partial charge in [0.15, 0.2) is 0 Å². The van der Waals surface area contributed by atoms with Gasteiger partial charge in [0.1, 0.15) is 0 Å². The van der Waals surface area contributed by atoms with Gasteiger partial charge < -0.3 is 10.4 Å². The van der Waals surface area contributed by atoms with Gasteiger partial charge in [0, 0.05) is 11.6 Å². The number of hydrogen-bond acceptors (Lipinski definition) is 2. The highest BCUT2D eigenvalue weighted by Gasteiger charge is 2.32. The predicted octanol–water partition coefficient (Wildman–Crippen LogP) is 2.77. The lowest BCUT2D eigenvalue weighted by molar-refractivity contribution is 0.189. The Hall–Kier alpha value is -0.860. The molecule has 1 saturated carbocycles. The third-order valence-corrected chi connectivity index (χ3v) is 3.66. The van der Waals surface area contributed by atoms with Crippen molar-refractivity contribution in [2.75, 3.05) is 0 Å². The Bertz CT molecular complexity index is 358. The van der Waals surface area contributed by atoms with Gasteiger partial charge in [0.2, 0.25) is 0 Å². The molecule has 1 aliphatic carbocycles. The van der Waals surface area contributed by atoms with Gasteiger partial charge in [-0.15, -0.1) is 0 Å². The van der Waals surface area contributed by atoms with E-state index in [1.165, 1.54) is 24.8 Å². The zero-order valence-corrected chi connectivity index (χ0v) is 10.2. The molecule has 1 unspecified atom stereocenters. The van der Waals surface area contributed by atoms with Crippen molar-refractivity contribution in [1.29, 1.82) is 0 Å². The number of aliphatic hydroxyl groups is 1. The lowest BCUT2D eigenvalue weighted by Crippen LogP contribution is -2.49. The monoisotopic (exact) mass is 219 g/mol.